The molecule has 0 unspecified atom stereocenters. The number of primary amides is 1. The van der Waals surface area contributed by atoms with E-state index in [2.05, 4.69) is 0 Å². The first kappa shape index (κ1) is 19.3. The van der Waals surface area contributed by atoms with Gasteiger partial charge in [0.05, 0.1) is 20.1 Å². The molecule has 0 fully saturated rings. The Morgan fingerprint density at radius 3 is 2.35 bits per heavy atom. The van der Waals surface area contributed by atoms with Crippen LogP contribution >= 0.6 is 0 Å². The molecule has 4 N–H and O–H groups in total. The molecule has 7 nitrogen and oxygen atoms in total. The smallest absolute Gasteiger partial charge is 0.244 e. The van der Waals surface area contributed by atoms with E-state index in [1.807, 2.05) is 36.4 Å². The quantitative estimate of drug-likeness (QED) is 0.493. The van der Waals surface area contributed by atoms with Crippen LogP contribution in [0.15, 0.2) is 42.5 Å². The Morgan fingerprint density at radius 2 is 1.81 bits per heavy atom. The van der Waals surface area contributed by atoms with Crippen molar-refractivity contribution in [2.45, 2.75) is 12.8 Å². The molecular weight excluding hydrogens is 336 g/mol. The van der Waals surface area contributed by atoms with Crippen molar-refractivity contribution in [3.8, 4) is 22.6 Å². The van der Waals surface area contributed by atoms with E-state index in [0.29, 0.717) is 17.9 Å². The molecule has 7 heteroatoms. The topological polar surface area (TPSA) is 111 Å². The molecule has 0 aliphatic heterocycles. The Balaban J connectivity index is 2.20. The zero-order valence-corrected chi connectivity index (χ0v) is 14.7. The minimum Gasteiger partial charge on any atom is -0.497 e. The van der Waals surface area contributed by atoms with Gasteiger partial charge in [-0.3, -0.25) is 14.8 Å². The summed E-state index contributed by atoms with van der Waals surface area (Å²) in [4.78, 5) is 22.8. The molecule has 138 valence electrons. The molecule has 2 rings (SSSR count). The van der Waals surface area contributed by atoms with Crippen LogP contribution in [0.25, 0.3) is 11.1 Å². The number of carbonyl (C=O) groups excluding carboxylic acids is 2. The van der Waals surface area contributed by atoms with E-state index in [1.54, 1.807) is 20.3 Å². The Hall–Kier alpha value is -3.06. The van der Waals surface area contributed by atoms with Gasteiger partial charge >= 0.3 is 0 Å². The van der Waals surface area contributed by atoms with Crippen LogP contribution in [0, 0.1) is 5.92 Å². The van der Waals surface area contributed by atoms with Crippen LogP contribution in [0.1, 0.15) is 12.0 Å². The Labute approximate surface area is 151 Å². The fourth-order valence-corrected chi connectivity index (χ4v) is 2.68. The van der Waals surface area contributed by atoms with Crippen molar-refractivity contribution in [3.63, 3.8) is 0 Å². The summed E-state index contributed by atoms with van der Waals surface area (Å²) in [5.41, 5.74) is 9.57. The molecule has 1 atom stereocenters. The molecular formula is C19H22N2O5. The van der Waals surface area contributed by atoms with E-state index in [-0.39, 0.29) is 6.42 Å². The summed E-state index contributed by atoms with van der Waals surface area (Å²) in [7, 11) is 3.19. The average Bonchev–Trinajstić information content (AvgIpc) is 2.67. The normalized spacial score (nSPS) is 11.5. The average molecular weight is 358 g/mol. The van der Waals surface area contributed by atoms with Crippen LogP contribution in [0.4, 0.5) is 0 Å². The lowest BCUT2D eigenvalue weighted by Gasteiger charge is -2.14. The van der Waals surface area contributed by atoms with Crippen molar-refractivity contribution < 1.29 is 24.3 Å². The van der Waals surface area contributed by atoms with E-state index < -0.39 is 17.7 Å². The number of benzene rings is 2. The van der Waals surface area contributed by atoms with Gasteiger partial charge in [0, 0.05) is 18.1 Å². The minimum atomic E-state index is -0.691. The summed E-state index contributed by atoms with van der Waals surface area (Å²) >= 11 is 0. The maximum absolute atomic E-state index is 11.5. The molecule has 0 bridgehead atoms. The van der Waals surface area contributed by atoms with Crippen LogP contribution in [0.2, 0.25) is 0 Å². The minimum absolute atomic E-state index is 0.167. The van der Waals surface area contributed by atoms with Gasteiger partial charge in [0.1, 0.15) is 11.5 Å². The number of nitrogens with two attached hydrogens (primary N) is 1. The van der Waals surface area contributed by atoms with Crippen molar-refractivity contribution in [2.24, 2.45) is 11.7 Å². The fourth-order valence-electron chi connectivity index (χ4n) is 2.68. The van der Waals surface area contributed by atoms with E-state index in [4.69, 9.17) is 20.4 Å². The van der Waals surface area contributed by atoms with Crippen LogP contribution in [0.3, 0.4) is 0 Å². The first-order valence-corrected chi connectivity index (χ1v) is 8.02. The highest BCUT2D eigenvalue weighted by Gasteiger charge is 2.20. The molecule has 0 saturated heterocycles. The number of rotatable bonds is 8. The van der Waals surface area contributed by atoms with Crippen LogP contribution in [-0.4, -0.2) is 31.2 Å². The second-order valence-electron chi connectivity index (χ2n) is 5.81. The fraction of sp³-hybridized carbons (Fsp3) is 0.263. The predicted molar refractivity (Wildman–Crippen MR) is 95.9 cm³/mol. The first-order chi connectivity index (χ1) is 12.5. The number of amides is 2. The Kier molecular flexibility index (Phi) is 6.57. The molecule has 0 radical (unpaired) electrons. The number of carbonyl (C=O) groups is 2. The number of hydroxylamine groups is 1. The molecule has 0 aliphatic carbocycles. The molecule has 26 heavy (non-hydrogen) atoms. The van der Waals surface area contributed by atoms with E-state index in [1.165, 1.54) is 5.48 Å². The van der Waals surface area contributed by atoms with E-state index >= 15 is 0 Å². The first-order valence-electron chi connectivity index (χ1n) is 8.02. The lowest BCUT2D eigenvalue weighted by Crippen LogP contribution is -2.31. The standard InChI is InChI=1S/C19H22N2O5/c1-25-15-7-8-16(17(11-15)26-2)13-5-3-12(4-6-13)9-14(19(20)23)10-18(22)21-24/h3-8,11,14,24H,9-10H2,1-2H3,(H2,20,23)(H,21,22)/t14-/m1/s1. The van der Waals surface area contributed by atoms with Gasteiger partial charge in [-0.15, -0.1) is 0 Å². The van der Waals surface area contributed by atoms with Crippen molar-refractivity contribution >= 4 is 11.8 Å². The number of hydrogen-bond acceptors (Lipinski definition) is 5. The molecule has 0 heterocycles. The molecule has 2 aromatic rings. The number of ether oxygens (including phenoxy) is 2. The van der Waals surface area contributed by atoms with Gasteiger partial charge in [0.25, 0.3) is 0 Å². The highest BCUT2D eigenvalue weighted by atomic mass is 16.5. The van der Waals surface area contributed by atoms with Gasteiger partial charge in [-0.2, -0.15) is 0 Å². The van der Waals surface area contributed by atoms with Gasteiger partial charge in [0.15, 0.2) is 0 Å². The SMILES string of the molecule is COc1ccc(-c2ccc(C[C@H](CC(=O)NO)C(N)=O)cc2)c(OC)c1. The Bertz CT molecular complexity index is 774. The zero-order chi connectivity index (χ0) is 19.1. The lowest BCUT2D eigenvalue weighted by molar-refractivity contribution is -0.133. The van der Waals surface area contributed by atoms with Gasteiger partial charge in [-0.25, -0.2) is 5.48 Å². The van der Waals surface area contributed by atoms with Crippen LogP contribution < -0.4 is 20.7 Å². The maximum atomic E-state index is 11.5. The van der Waals surface area contributed by atoms with Crippen LogP contribution in [-0.2, 0) is 16.0 Å². The zero-order valence-electron chi connectivity index (χ0n) is 14.7. The monoisotopic (exact) mass is 358 g/mol. The van der Waals surface area contributed by atoms with Gasteiger partial charge < -0.3 is 15.2 Å². The van der Waals surface area contributed by atoms with Crippen molar-refractivity contribution in [1.29, 1.82) is 0 Å². The third-order valence-electron chi connectivity index (χ3n) is 4.11. The largest absolute Gasteiger partial charge is 0.497 e. The highest BCUT2D eigenvalue weighted by molar-refractivity contribution is 5.84. The maximum Gasteiger partial charge on any atom is 0.244 e. The van der Waals surface area contributed by atoms with E-state index in [9.17, 15) is 9.59 Å². The molecule has 2 amide bonds. The van der Waals surface area contributed by atoms with Gasteiger partial charge in [-0.1, -0.05) is 24.3 Å². The molecule has 0 saturated carbocycles. The number of hydrogen-bond donors (Lipinski definition) is 3. The molecule has 0 spiro atoms. The second-order valence-corrected chi connectivity index (χ2v) is 5.81. The van der Waals surface area contributed by atoms with Gasteiger partial charge in [-0.05, 0) is 29.7 Å². The summed E-state index contributed by atoms with van der Waals surface area (Å²) in [6, 6.07) is 13.1. The third kappa shape index (κ3) is 4.73. The lowest BCUT2D eigenvalue weighted by atomic mass is 9.94. The van der Waals surface area contributed by atoms with Crippen molar-refractivity contribution in [2.75, 3.05) is 14.2 Å². The summed E-state index contributed by atoms with van der Waals surface area (Å²) in [6.07, 6.45) is 0.142. The highest BCUT2D eigenvalue weighted by Crippen LogP contribution is 2.33. The van der Waals surface area contributed by atoms with Crippen LogP contribution in [0.5, 0.6) is 11.5 Å². The van der Waals surface area contributed by atoms with E-state index in [0.717, 1.165) is 16.7 Å². The second kappa shape index (κ2) is 8.87. The Morgan fingerprint density at radius 1 is 1.12 bits per heavy atom. The molecule has 0 aromatic heterocycles. The summed E-state index contributed by atoms with van der Waals surface area (Å²) < 4.78 is 10.6. The summed E-state index contributed by atoms with van der Waals surface area (Å²) in [5.74, 6) is -0.535. The third-order valence-corrected chi connectivity index (χ3v) is 4.11. The summed E-state index contributed by atoms with van der Waals surface area (Å²) in [5, 5.41) is 8.61. The van der Waals surface area contributed by atoms with Crippen molar-refractivity contribution in [3.05, 3.63) is 48.0 Å². The molecule has 0 aliphatic rings. The summed E-state index contributed by atoms with van der Waals surface area (Å²) in [6.45, 7) is 0. The van der Waals surface area contributed by atoms with Gasteiger partial charge in [0.2, 0.25) is 11.8 Å². The molecule has 2 aromatic carbocycles. The van der Waals surface area contributed by atoms with Crippen molar-refractivity contribution in [1.82, 2.24) is 5.48 Å². The predicted octanol–water partition coefficient (Wildman–Crippen LogP) is 1.91. The number of methoxy groups -OCH3 is 2. The number of nitrogens with one attached hydrogen (secondary N) is 1.